The van der Waals surface area contributed by atoms with Crippen molar-refractivity contribution >= 4 is 18.3 Å². The van der Waals surface area contributed by atoms with Gasteiger partial charge >= 0.3 is 5.69 Å². The van der Waals surface area contributed by atoms with Crippen LogP contribution in [0.3, 0.4) is 0 Å². The van der Waals surface area contributed by atoms with Crippen LogP contribution < -0.4 is 0 Å². The van der Waals surface area contributed by atoms with Crippen molar-refractivity contribution < 1.29 is 4.92 Å². The third-order valence-electron chi connectivity index (χ3n) is 1.84. The van der Waals surface area contributed by atoms with Gasteiger partial charge in [-0.05, 0) is 13.8 Å². The van der Waals surface area contributed by atoms with E-state index in [0.717, 1.165) is 0 Å². The Hall–Kier alpha value is -1.04. The van der Waals surface area contributed by atoms with Crippen LogP contribution in [-0.4, -0.2) is 20.5 Å². The molecule has 0 bridgehead atoms. The van der Waals surface area contributed by atoms with Gasteiger partial charge in [0.05, 0.1) is 11.5 Å². The smallest absolute Gasteiger partial charge is 0.262 e. The molecule has 6 heteroatoms. The molecule has 0 spiro atoms. The molecule has 1 aromatic heterocycles. The lowest BCUT2D eigenvalue weighted by atomic mass is 10.3. The van der Waals surface area contributed by atoms with Crippen molar-refractivity contribution in [2.45, 2.75) is 20.4 Å². The summed E-state index contributed by atoms with van der Waals surface area (Å²) in [5, 5.41) is 14.6. The Kier molecular flexibility index (Phi) is 2.92. The SMILES string of the molecule is Cc1nn(CCS)c(C)c1[N+](=O)[O-]. The Bertz CT molecular complexity index is 335. The highest BCUT2D eigenvalue weighted by Gasteiger charge is 2.20. The average molecular weight is 201 g/mol. The van der Waals surface area contributed by atoms with Crippen LogP contribution in [0.15, 0.2) is 0 Å². The van der Waals surface area contributed by atoms with Crippen LogP contribution in [0.1, 0.15) is 11.4 Å². The lowest BCUT2D eigenvalue weighted by molar-refractivity contribution is -0.386. The van der Waals surface area contributed by atoms with Crippen molar-refractivity contribution in [3.8, 4) is 0 Å². The lowest BCUT2D eigenvalue weighted by Crippen LogP contribution is -2.03. The van der Waals surface area contributed by atoms with E-state index in [2.05, 4.69) is 17.7 Å². The van der Waals surface area contributed by atoms with Gasteiger partial charge in [0, 0.05) is 5.75 Å². The number of rotatable bonds is 3. The second-order valence-corrected chi connectivity index (χ2v) is 3.17. The normalized spacial score (nSPS) is 10.4. The maximum atomic E-state index is 10.6. The van der Waals surface area contributed by atoms with Crippen LogP contribution in [-0.2, 0) is 6.54 Å². The number of hydrogen-bond acceptors (Lipinski definition) is 4. The largest absolute Gasteiger partial charge is 0.312 e. The van der Waals surface area contributed by atoms with Crippen LogP contribution in [0.5, 0.6) is 0 Å². The van der Waals surface area contributed by atoms with E-state index in [1.165, 1.54) is 0 Å². The molecule has 0 radical (unpaired) electrons. The molecule has 0 aliphatic rings. The molecule has 0 saturated heterocycles. The Morgan fingerprint density at radius 3 is 2.62 bits per heavy atom. The summed E-state index contributed by atoms with van der Waals surface area (Å²) < 4.78 is 1.61. The molecule has 13 heavy (non-hydrogen) atoms. The van der Waals surface area contributed by atoms with Gasteiger partial charge in [0.1, 0.15) is 11.4 Å². The minimum atomic E-state index is -0.396. The quantitative estimate of drug-likeness (QED) is 0.456. The highest BCUT2D eigenvalue weighted by molar-refractivity contribution is 7.80. The molecule has 0 aliphatic heterocycles. The molecule has 1 aromatic rings. The zero-order chi connectivity index (χ0) is 10.0. The molecule has 0 aliphatic carbocycles. The summed E-state index contributed by atoms with van der Waals surface area (Å²) in [5.41, 5.74) is 1.17. The first-order valence-corrected chi connectivity index (χ1v) is 4.50. The van der Waals surface area contributed by atoms with Gasteiger partial charge < -0.3 is 0 Å². The maximum Gasteiger partial charge on any atom is 0.312 e. The molecular formula is C7H11N3O2S. The number of hydrogen-bond donors (Lipinski definition) is 1. The number of thiol groups is 1. The van der Waals surface area contributed by atoms with E-state index in [1.807, 2.05) is 0 Å². The van der Waals surface area contributed by atoms with E-state index in [4.69, 9.17) is 0 Å². The van der Waals surface area contributed by atoms with Gasteiger partial charge in [0.15, 0.2) is 0 Å². The molecule has 72 valence electrons. The molecule has 1 rings (SSSR count). The lowest BCUT2D eigenvalue weighted by Gasteiger charge is -1.98. The first-order valence-electron chi connectivity index (χ1n) is 3.87. The first-order chi connectivity index (χ1) is 6.07. The molecule has 0 unspecified atom stereocenters. The van der Waals surface area contributed by atoms with Crippen molar-refractivity contribution in [2.24, 2.45) is 0 Å². The highest BCUT2D eigenvalue weighted by Crippen LogP contribution is 2.21. The number of aromatic nitrogens is 2. The summed E-state index contributed by atoms with van der Waals surface area (Å²) in [6, 6.07) is 0. The Labute approximate surface area is 81.3 Å². The van der Waals surface area contributed by atoms with E-state index in [0.29, 0.717) is 23.7 Å². The van der Waals surface area contributed by atoms with Gasteiger partial charge in [-0.15, -0.1) is 0 Å². The monoisotopic (exact) mass is 201 g/mol. The second kappa shape index (κ2) is 3.78. The average Bonchev–Trinajstić information content (AvgIpc) is 2.28. The van der Waals surface area contributed by atoms with Gasteiger partial charge in [-0.25, -0.2) is 0 Å². The van der Waals surface area contributed by atoms with Gasteiger partial charge in [0.2, 0.25) is 0 Å². The highest BCUT2D eigenvalue weighted by atomic mass is 32.1. The maximum absolute atomic E-state index is 10.6. The fourth-order valence-electron chi connectivity index (χ4n) is 1.26. The molecule has 0 aromatic carbocycles. The fraction of sp³-hybridized carbons (Fsp3) is 0.571. The molecule has 1 heterocycles. The van der Waals surface area contributed by atoms with Crippen LogP contribution in [0, 0.1) is 24.0 Å². The molecule has 0 fully saturated rings. The molecule has 0 saturated carbocycles. The second-order valence-electron chi connectivity index (χ2n) is 2.72. The zero-order valence-corrected chi connectivity index (χ0v) is 8.41. The molecule has 0 amide bonds. The van der Waals surface area contributed by atoms with E-state index >= 15 is 0 Å². The number of nitro groups is 1. The minimum absolute atomic E-state index is 0.113. The minimum Gasteiger partial charge on any atom is -0.262 e. The third-order valence-corrected chi connectivity index (χ3v) is 2.04. The van der Waals surface area contributed by atoms with Gasteiger partial charge in [-0.1, -0.05) is 0 Å². The van der Waals surface area contributed by atoms with Crippen molar-refractivity contribution in [1.29, 1.82) is 0 Å². The Morgan fingerprint density at radius 1 is 1.62 bits per heavy atom. The number of aryl methyl sites for hydroxylation is 2. The Morgan fingerprint density at radius 2 is 2.23 bits per heavy atom. The van der Waals surface area contributed by atoms with Crippen molar-refractivity contribution in [3.05, 3.63) is 21.5 Å². The van der Waals surface area contributed by atoms with Crippen LogP contribution >= 0.6 is 12.6 Å². The van der Waals surface area contributed by atoms with E-state index < -0.39 is 4.92 Å². The molecular weight excluding hydrogens is 190 g/mol. The predicted octanol–water partition coefficient (Wildman–Crippen LogP) is 1.34. The number of nitrogens with zero attached hydrogens (tertiary/aromatic N) is 3. The summed E-state index contributed by atoms with van der Waals surface area (Å²) in [4.78, 5) is 10.2. The first kappa shape index (κ1) is 10.0. The van der Waals surface area contributed by atoms with Gasteiger partial charge in [-0.3, -0.25) is 14.8 Å². The fourth-order valence-corrected chi connectivity index (χ4v) is 1.45. The zero-order valence-electron chi connectivity index (χ0n) is 7.52. The Balaban J connectivity index is 3.14. The van der Waals surface area contributed by atoms with Crippen LogP contribution in [0.4, 0.5) is 5.69 Å². The van der Waals surface area contributed by atoms with Gasteiger partial charge in [0.25, 0.3) is 0 Å². The van der Waals surface area contributed by atoms with Crippen LogP contribution in [0.2, 0.25) is 0 Å². The van der Waals surface area contributed by atoms with E-state index in [1.54, 1.807) is 18.5 Å². The van der Waals surface area contributed by atoms with Crippen molar-refractivity contribution in [2.75, 3.05) is 5.75 Å². The summed E-state index contributed by atoms with van der Waals surface area (Å²) in [6.07, 6.45) is 0. The van der Waals surface area contributed by atoms with E-state index in [-0.39, 0.29) is 5.69 Å². The topological polar surface area (TPSA) is 61.0 Å². The van der Waals surface area contributed by atoms with Gasteiger partial charge in [-0.2, -0.15) is 17.7 Å². The molecule has 0 N–H and O–H groups in total. The summed E-state index contributed by atoms with van der Waals surface area (Å²) in [6.45, 7) is 3.94. The standard InChI is InChI=1S/C7H11N3O2S/c1-5-7(10(11)12)6(2)9(8-5)3-4-13/h13H,3-4H2,1-2H3. The predicted molar refractivity (Wildman–Crippen MR) is 52.2 cm³/mol. The summed E-state index contributed by atoms with van der Waals surface area (Å²) >= 11 is 4.04. The summed E-state index contributed by atoms with van der Waals surface area (Å²) in [7, 11) is 0. The molecule has 0 atom stereocenters. The van der Waals surface area contributed by atoms with Crippen LogP contribution in [0.25, 0.3) is 0 Å². The third kappa shape index (κ3) is 1.82. The molecule has 5 nitrogen and oxygen atoms in total. The van der Waals surface area contributed by atoms with E-state index in [9.17, 15) is 10.1 Å². The van der Waals surface area contributed by atoms with Crippen molar-refractivity contribution in [3.63, 3.8) is 0 Å². The summed E-state index contributed by atoms with van der Waals surface area (Å²) in [5.74, 6) is 0.624. The van der Waals surface area contributed by atoms with Crippen molar-refractivity contribution in [1.82, 2.24) is 9.78 Å².